The standard InChI is InChI=1S/C18H14F3NO2/c1-22(2)16-11-12(8-10-17(23)24)7-9-14(16)13-5-3-4-6-15(13)18(19,20)21/h3-7,9,11H,1-2H3,(H,23,24). The molecule has 0 radical (unpaired) electrons. The molecule has 0 bridgehead atoms. The molecule has 0 fully saturated rings. The predicted octanol–water partition coefficient (Wildman–Crippen LogP) is 3.87. The van der Waals surface area contributed by atoms with Crippen molar-refractivity contribution in [1.82, 2.24) is 0 Å². The highest BCUT2D eigenvalue weighted by Gasteiger charge is 2.33. The summed E-state index contributed by atoms with van der Waals surface area (Å²) in [6.07, 6.45) is -4.47. The molecule has 3 nitrogen and oxygen atoms in total. The third-order valence-electron chi connectivity index (χ3n) is 3.32. The average molecular weight is 333 g/mol. The SMILES string of the molecule is CN(C)c1cc(C#CC(=O)O)ccc1-c1ccccc1C(F)(F)F. The highest BCUT2D eigenvalue weighted by atomic mass is 19.4. The number of carboxylic acid groups (broad SMARTS) is 1. The van der Waals surface area contributed by atoms with Gasteiger partial charge in [0, 0.05) is 36.8 Å². The van der Waals surface area contributed by atoms with Crippen LogP contribution in [-0.2, 0) is 11.0 Å². The van der Waals surface area contributed by atoms with E-state index in [9.17, 15) is 18.0 Å². The molecule has 0 aliphatic heterocycles. The minimum atomic E-state index is -4.47. The van der Waals surface area contributed by atoms with E-state index in [1.807, 2.05) is 5.92 Å². The molecule has 0 atom stereocenters. The second kappa shape index (κ2) is 6.67. The smallest absolute Gasteiger partial charge is 0.417 e. The number of halogens is 3. The largest absolute Gasteiger partial charge is 0.472 e. The van der Waals surface area contributed by atoms with E-state index in [0.717, 1.165) is 6.07 Å². The highest BCUT2D eigenvalue weighted by molar-refractivity contribution is 5.88. The molecule has 2 aromatic carbocycles. The number of rotatable bonds is 2. The molecule has 0 saturated heterocycles. The molecule has 2 rings (SSSR count). The van der Waals surface area contributed by atoms with Crippen molar-refractivity contribution in [2.75, 3.05) is 19.0 Å². The molecule has 0 amide bonds. The predicted molar refractivity (Wildman–Crippen MR) is 85.7 cm³/mol. The lowest BCUT2D eigenvalue weighted by atomic mass is 9.96. The van der Waals surface area contributed by atoms with E-state index in [1.165, 1.54) is 24.3 Å². The third kappa shape index (κ3) is 3.87. The zero-order valence-electron chi connectivity index (χ0n) is 13.0. The lowest BCUT2D eigenvalue weighted by molar-refractivity contribution is -0.137. The van der Waals surface area contributed by atoms with Crippen LogP contribution in [0, 0.1) is 11.8 Å². The average Bonchev–Trinajstić information content (AvgIpc) is 2.51. The van der Waals surface area contributed by atoms with Crippen LogP contribution >= 0.6 is 0 Å². The third-order valence-corrected chi connectivity index (χ3v) is 3.32. The second-order valence-corrected chi connectivity index (χ2v) is 5.22. The fraction of sp³-hybridized carbons (Fsp3) is 0.167. The van der Waals surface area contributed by atoms with Crippen LogP contribution in [0.2, 0.25) is 0 Å². The topological polar surface area (TPSA) is 40.5 Å². The maximum atomic E-state index is 13.3. The fourth-order valence-electron chi connectivity index (χ4n) is 2.30. The van der Waals surface area contributed by atoms with Crippen LogP contribution in [0.3, 0.4) is 0 Å². The maximum absolute atomic E-state index is 13.3. The summed E-state index contributed by atoms with van der Waals surface area (Å²) in [4.78, 5) is 12.2. The Morgan fingerprint density at radius 2 is 1.75 bits per heavy atom. The molecule has 1 N–H and O–H groups in total. The van der Waals surface area contributed by atoms with Crippen molar-refractivity contribution in [3.8, 4) is 23.0 Å². The molecule has 0 spiro atoms. The minimum absolute atomic E-state index is 0.0615. The lowest BCUT2D eigenvalue weighted by Gasteiger charge is -2.20. The van der Waals surface area contributed by atoms with Gasteiger partial charge in [-0.1, -0.05) is 30.2 Å². The number of hydrogen-bond donors (Lipinski definition) is 1. The van der Waals surface area contributed by atoms with Crippen molar-refractivity contribution in [3.63, 3.8) is 0 Å². The van der Waals surface area contributed by atoms with Crippen LogP contribution < -0.4 is 4.90 Å². The van der Waals surface area contributed by atoms with Crippen LogP contribution in [0.15, 0.2) is 42.5 Å². The van der Waals surface area contributed by atoms with E-state index in [1.54, 1.807) is 31.1 Å². The molecule has 0 aliphatic rings. The summed E-state index contributed by atoms with van der Waals surface area (Å²) in [5.41, 5.74) is 0.663. The summed E-state index contributed by atoms with van der Waals surface area (Å²) in [7, 11) is 3.40. The zero-order chi connectivity index (χ0) is 17.9. The minimum Gasteiger partial charge on any atom is -0.472 e. The van der Waals surface area contributed by atoms with E-state index in [2.05, 4.69) is 5.92 Å². The molecular formula is C18H14F3NO2. The van der Waals surface area contributed by atoms with Crippen LogP contribution in [0.4, 0.5) is 18.9 Å². The Hall–Kier alpha value is -2.94. The monoisotopic (exact) mass is 333 g/mol. The van der Waals surface area contributed by atoms with Gasteiger partial charge in [-0.25, -0.2) is 4.79 Å². The van der Waals surface area contributed by atoms with Crippen molar-refractivity contribution in [3.05, 3.63) is 53.6 Å². The van der Waals surface area contributed by atoms with Gasteiger partial charge in [0.15, 0.2) is 0 Å². The first-order valence-electron chi connectivity index (χ1n) is 6.93. The number of hydrogen-bond acceptors (Lipinski definition) is 2. The van der Waals surface area contributed by atoms with E-state index < -0.39 is 17.7 Å². The summed E-state index contributed by atoms with van der Waals surface area (Å²) >= 11 is 0. The Morgan fingerprint density at radius 1 is 1.08 bits per heavy atom. The molecule has 0 saturated carbocycles. The number of nitrogens with zero attached hydrogens (tertiary/aromatic N) is 1. The molecular weight excluding hydrogens is 319 g/mol. The van der Waals surface area contributed by atoms with Gasteiger partial charge in [0.25, 0.3) is 0 Å². The summed E-state index contributed by atoms with van der Waals surface area (Å²) < 4.78 is 39.8. The summed E-state index contributed by atoms with van der Waals surface area (Å²) in [5, 5.41) is 8.60. The number of carboxylic acids is 1. The van der Waals surface area contributed by atoms with Gasteiger partial charge in [-0.05, 0) is 23.8 Å². The Bertz CT molecular complexity index is 830. The maximum Gasteiger partial charge on any atom is 0.417 e. The van der Waals surface area contributed by atoms with Crippen LogP contribution in [-0.4, -0.2) is 25.2 Å². The van der Waals surface area contributed by atoms with Crippen molar-refractivity contribution >= 4 is 11.7 Å². The number of anilines is 1. The van der Waals surface area contributed by atoms with Crippen molar-refractivity contribution < 1.29 is 23.1 Å². The van der Waals surface area contributed by atoms with Gasteiger partial charge in [-0.2, -0.15) is 13.2 Å². The molecule has 2 aromatic rings. The number of carbonyl (C=O) groups is 1. The molecule has 124 valence electrons. The van der Waals surface area contributed by atoms with Crippen LogP contribution in [0.1, 0.15) is 11.1 Å². The van der Waals surface area contributed by atoms with Crippen LogP contribution in [0.25, 0.3) is 11.1 Å². The highest BCUT2D eigenvalue weighted by Crippen LogP contribution is 2.40. The Morgan fingerprint density at radius 3 is 2.33 bits per heavy atom. The van der Waals surface area contributed by atoms with E-state index in [4.69, 9.17) is 5.11 Å². The van der Waals surface area contributed by atoms with Gasteiger partial charge in [0.2, 0.25) is 0 Å². The number of alkyl halides is 3. The Balaban J connectivity index is 2.65. The van der Waals surface area contributed by atoms with E-state index in [-0.39, 0.29) is 5.56 Å². The lowest BCUT2D eigenvalue weighted by Crippen LogP contribution is -2.12. The summed E-state index contributed by atoms with van der Waals surface area (Å²) in [6, 6.07) is 9.92. The first kappa shape index (κ1) is 17.4. The second-order valence-electron chi connectivity index (χ2n) is 5.22. The van der Waals surface area contributed by atoms with Crippen molar-refractivity contribution in [2.45, 2.75) is 6.18 Å². The van der Waals surface area contributed by atoms with E-state index in [0.29, 0.717) is 16.8 Å². The van der Waals surface area contributed by atoms with Gasteiger partial charge in [-0.15, -0.1) is 0 Å². The van der Waals surface area contributed by atoms with Crippen molar-refractivity contribution in [1.29, 1.82) is 0 Å². The first-order valence-corrected chi connectivity index (χ1v) is 6.93. The first-order chi connectivity index (χ1) is 11.2. The van der Waals surface area contributed by atoms with Crippen molar-refractivity contribution in [2.24, 2.45) is 0 Å². The molecule has 0 aliphatic carbocycles. The molecule has 0 aromatic heterocycles. The fourth-order valence-corrected chi connectivity index (χ4v) is 2.30. The molecule has 6 heteroatoms. The quantitative estimate of drug-likeness (QED) is 0.848. The number of benzene rings is 2. The van der Waals surface area contributed by atoms with Gasteiger partial charge < -0.3 is 10.0 Å². The van der Waals surface area contributed by atoms with Gasteiger partial charge in [0.1, 0.15) is 0 Å². The normalized spacial score (nSPS) is 10.7. The van der Waals surface area contributed by atoms with Gasteiger partial charge >= 0.3 is 12.1 Å². The summed E-state index contributed by atoms with van der Waals surface area (Å²) in [5.74, 6) is 3.18. The van der Waals surface area contributed by atoms with Gasteiger partial charge in [-0.3, -0.25) is 0 Å². The van der Waals surface area contributed by atoms with Crippen LogP contribution in [0.5, 0.6) is 0 Å². The molecule has 0 heterocycles. The molecule has 0 unspecified atom stereocenters. The Kier molecular flexibility index (Phi) is 4.84. The van der Waals surface area contributed by atoms with Gasteiger partial charge in [0.05, 0.1) is 5.56 Å². The van der Waals surface area contributed by atoms with E-state index >= 15 is 0 Å². The zero-order valence-corrected chi connectivity index (χ0v) is 13.0. The number of aliphatic carboxylic acids is 1. The Labute approximate surface area is 137 Å². The summed E-state index contributed by atoms with van der Waals surface area (Å²) in [6.45, 7) is 0. The molecule has 24 heavy (non-hydrogen) atoms.